The van der Waals surface area contributed by atoms with E-state index in [0.717, 1.165) is 21.3 Å². The van der Waals surface area contributed by atoms with E-state index in [0.29, 0.717) is 12.4 Å². The maximum Gasteiger partial charge on any atom is 0.126 e. The van der Waals surface area contributed by atoms with E-state index in [1.807, 2.05) is 31.2 Å². The van der Waals surface area contributed by atoms with Crippen LogP contribution in [0.3, 0.4) is 0 Å². The number of halogens is 1. The molecule has 0 unspecified atom stereocenters. The van der Waals surface area contributed by atoms with Gasteiger partial charge in [0.2, 0.25) is 0 Å². The van der Waals surface area contributed by atoms with Crippen LogP contribution in [0.1, 0.15) is 11.1 Å². The van der Waals surface area contributed by atoms with E-state index >= 15 is 0 Å². The lowest BCUT2D eigenvalue weighted by atomic mass is 10.2. The maximum absolute atomic E-state index is 9.63. The van der Waals surface area contributed by atoms with Crippen LogP contribution in [0.4, 0.5) is 0 Å². The number of aromatic hydroxyl groups is 1. The van der Waals surface area contributed by atoms with Crippen LogP contribution in [0, 0.1) is 6.92 Å². The van der Waals surface area contributed by atoms with E-state index in [4.69, 9.17) is 9.47 Å². The molecule has 3 nitrogen and oxygen atoms in total. The number of phenolic OH excluding ortho intramolecular Hbond substituents is 1. The molecule has 4 heteroatoms. The normalized spacial score (nSPS) is 10.3. The Hall–Kier alpha value is -1.68. The van der Waals surface area contributed by atoms with Crippen LogP contribution in [0.25, 0.3) is 0 Å². The third kappa shape index (κ3) is 3.20. The first-order chi connectivity index (χ1) is 9.11. The topological polar surface area (TPSA) is 38.7 Å². The molecule has 0 atom stereocenters. The van der Waals surface area contributed by atoms with Crippen LogP contribution in [-0.4, -0.2) is 12.2 Å². The smallest absolute Gasteiger partial charge is 0.126 e. The third-order valence-corrected chi connectivity index (χ3v) is 3.37. The van der Waals surface area contributed by atoms with Crippen molar-refractivity contribution >= 4 is 15.9 Å². The molecule has 0 bridgehead atoms. The number of hydrogen-bond donors (Lipinski definition) is 1. The van der Waals surface area contributed by atoms with E-state index in [-0.39, 0.29) is 5.75 Å². The van der Waals surface area contributed by atoms with Gasteiger partial charge in [-0.3, -0.25) is 0 Å². The van der Waals surface area contributed by atoms with E-state index in [1.54, 1.807) is 19.2 Å². The van der Waals surface area contributed by atoms with Gasteiger partial charge in [0.15, 0.2) is 0 Å². The molecule has 1 N–H and O–H groups in total. The standard InChI is InChI=1S/C15H15BrO3/c1-10-13(17)4-3-5-14(10)19-9-11-8-12(16)6-7-15(11)18-2/h3-8,17H,9H2,1-2H3. The van der Waals surface area contributed by atoms with Crippen molar-refractivity contribution < 1.29 is 14.6 Å². The zero-order chi connectivity index (χ0) is 13.8. The van der Waals surface area contributed by atoms with Crippen LogP contribution in [0.5, 0.6) is 17.2 Å². The zero-order valence-corrected chi connectivity index (χ0v) is 12.4. The average molecular weight is 323 g/mol. The monoisotopic (exact) mass is 322 g/mol. The van der Waals surface area contributed by atoms with Crippen LogP contribution in [0.15, 0.2) is 40.9 Å². The summed E-state index contributed by atoms with van der Waals surface area (Å²) >= 11 is 3.43. The van der Waals surface area contributed by atoms with Crippen LogP contribution < -0.4 is 9.47 Å². The highest BCUT2D eigenvalue weighted by Crippen LogP contribution is 2.29. The van der Waals surface area contributed by atoms with E-state index in [9.17, 15) is 5.11 Å². The van der Waals surface area contributed by atoms with Crippen molar-refractivity contribution in [2.45, 2.75) is 13.5 Å². The highest BCUT2D eigenvalue weighted by Gasteiger charge is 2.07. The summed E-state index contributed by atoms with van der Waals surface area (Å²) in [6.07, 6.45) is 0. The summed E-state index contributed by atoms with van der Waals surface area (Å²) < 4.78 is 12.0. The predicted octanol–water partition coefficient (Wildman–Crippen LogP) is 4.05. The van der Waals surface area contributed by atoms with Crippen molar-refractivity contribution in [3.8, 4) is 17.2 Å². The van der Waals surface area contributed by atoms with Crippen molar-refractivity contribution in [2.24, 2.45) is 0 Å². The van der Waals surface area contributed by atoms with Crippen LogP contribution in [-0.2, 0) is 6.61 Å². The highest BCUT2D eigenvalue weighted by molar-refractivity contribution is 9.10. The number of rotatable bonds is 4. The third-order valence-electron chi connectivity index (χ3n) is 2.88. The van der Waals surface area contributed by atoms with Gasteiger partial charge in [0.25, 0.3) is 0 Å². The molecule has 0 saturated heterocycles. The summed E-state index contributed by atoms with van der Waals surface area (Å²) in [6.45, 7) is 2.20. The minimum Gasteiger partial charge on any atom is -0.508 e. The lowest BCUT2D eigenvalue weighted by molar-refractivity contribution is 0.293. The molecule has 0 fully saturated rings. The fourth-order valence-electron chi connectivity index (χ4n) is 1.77. The van der Waals surface area contributed by atoms with Gasteiger partial charge in [0.1, 0.15) is 23.9 Å². The van der Waals surface area contributed by atoms with Crippen molar-refractivity contribution in [2.75, 3.05) is 7.11 Å². The fraction of sp³-hybridized carbons (Fsp3) is 0.200. The summed E-state index contributed by atoms with van der Waals surface area (Å²) in [6, 6.07) is 11.0. The Balaban J connectivity index is 2.18. The molecule has 0 aromatic heterocycles. The van der Waals surface area contributed by atoms with Crippen LogP contribution in [0.2, 0.25) is 0 Å². The Bertz CT molecular complexity index is 582. The molecule has 0 amide bonds. The first-order valence-corrected chi connectivity index (χ1v) is 6.65. The van der Waals surface area contributed by atoms with Gasteiger partial charge in [-0.25, -0.2) is 0 Å². The predicted molar refractivity (Wildman–Crippen MR) is 77.9 cm³/mol. The van der Waals surface area contributed by atoms with E-state index in [1.165, 1.54) is 0 Å². The Morgan fingerprint density at radius 2 is 1.95 bits per heavy atom. The number of phenols is 1. The van der Waals surface area contributed by atoms with Gasteiger partial charge in [0, 0.05) is 15.6 Å². The SMILES string of the molecule is COc1ccc(Br)cc1COc1cccc(O)c1C. The Kier molecular flexibility index (Phi) is 4.32. The minimum atomic E-state index is 0.235. The molecule has 0 spiro atoms. The summed E-state index contributed by atoms with van der Waals surface area (Å²) in [4.78, 5) is 0. The molecule has 0 aliphatic rings. The summed E-state index contributed by atoms with van der Waals surface area (Å²) in [5.74, 6) is 1.68. The second kappa shape index (κ2) is 5.97. The van der Waals surface area contributed by atoms with Gasteiger partial charge >= 0.3 is 0 Å². The lowest BCUT2D eigenvalue weighted by Gasteiger charge is -2.12. The molecule has 19 heavy (non-hydrogen) atoms. The van der Waals surface area contributed by atoms with Gasteiger partial charge in [-0.2, -0.15) is 0 Å². The molecule has 100 valence electrons. The summed E-state index contributed by atoms with van der Waals surface area (Å²) in [5.41, 5.74) is 1.68. The fourth-order valence-corrected chi connectivity index (χ4v) is 2.18. The Morgan fingerprint density at radius 1 is 1.16 bits per heavy atom. The number of hydrogen-bond acceptors (Lipinski definition) is 3. The maximum atomic E-state index is 9.63. The van der Waals surface area contributed by atoms with Crippen molar-refractivity contribution in [3.05, 3.63) is 52.0 Å². The molecule has 2 aromatic rings. The zero-order valence-electron chi connectivity index (χ0n) is 10.8. The highest BCUT2D eigenvalue weighted by atomic mass is 79.9. The van der Waals surface area contributed by atoms with Gasteiger partial charge in [-0.15, -0.1) is 0 Å². The molecule has 0 heterocycles. The molecule has 0 aliphatic heterocycles. The first-order valence-electron chi connectivity index (χ1n) is 5.85. The molecular formula is C15H15BrO3. The molecule has 2 rings (SSSR count). The summed E-state index contributed by atoms with van der Waals surface area (Å²) in [7, 11) is 1.63. The first kappa shape index (κ1) is 13.7. The second-order valence-corrected chi connectivity index (χ2v) is 5.06. The number of benzene rings is 2. The van der Waals surface area contributed by atoms with E-state index < -0.39 is 0 Å². The van der Waals surface area contributed by atoms with Crippen molar-refractivity contribution in [3.63, 3.8) is 0 Å². The number of methoxy groups -OCH3 is 1. The number of ether oxygens (including phenoxy) is 2. The summed E-state index contributed by atoms with van der Waals surface area (Å²) in [5, 5.41) is 9.63. The molecule has 0 radical (unpaired) electrons. The molecule has 0 saturated carbocycles. The van der Waals surface area contributed by atoms with Crippen molar-refractivity contribution in [1.82, 2.24) is 0 Å². The minimum absolute atomic E-state index is 0.235. The van der Waals surface area contributed by atoms with E-state index in [2.05, 4.69) is 15.9 Å². The van der Waals surface area contributed by atoms with Gasteiger partial charge < -0.3 is 14.6 Å². The Labute approximate surface area is 120 Å². The second-order valence-electron chi connectivity index (χ2n) is 4.15. The molecular weight excluding hydrogens is 308 g/mol. The quantitative estimate of drug-likeness (QED) is 0.922. The van der Waals surface area contributed by atoms with Crippen molar-refractivity contribution in [1.29, 1.82) is 0 Å². The lowest BCUT2D eigenvalue weighted by Crippen LogP contribution is -2.00. The largest absolute Gasteiger partial charge is 0.508 e. The molecule has 2 aromatic carbocycles. The van der Waals surface area contributed by atoms with Gasteiger partial charge in [0.05, 0.1) is 7.11 Å². The average Bonchev–Trinajstić information content (AvgIpc) is 2.40. The van der Waals surface area contributed by atoms with Gasteiger partial charge in [-0.1, -0.05) is 22.0 Å². The Morgan fingerprint density at radius 3 is 2.68 bits per heavy atom. The van der Waals surface area contributed by atoms with Crippen LogP contribution >= 0.6 is 15.9 Å². The molecule has 0 aliphatic carbocycles. The van der Waals surface area contributed by atoms with Gasteiger partial charge in [-0.05, 0) is 37.3 Å².